The smallest absolute Gasteiger partial charge is 0.234 e. The Kier molecular flexibility index (Phi) is 7.34. The van der Waals surface area contributed by atoms with E-state index in [0.717, 1.165) is 19.4 Å². The zero-order valence-electron chi connectivity index (χ0n) is 5.83. The zero-order chi connectivity index (χ0) is 7.11. The van der Waals surface area contributed by atoms with Crippen molar-refractivity contribution in [2.45, 2.75) is 19.8 Å². The predicted molar refractivity (Wildman–Crippen MR) is 43.8 cm³/mol. The third-order valence-electron chi connectivity index (χ3n) is 0.856. The van der Waals surface area contributed by atoms with Gasteiger partial charge in [0.05, 0.1) is 6.61 Å². The van der Waals surface area contributed by atoms with Crippen LogP contribution < -0.4 is 0 Å². The van der Waals surface area contributed by atoms with E-state index in [1.807, 2.05) is 0 Å². The standard InChI is InChI=1S/C5H13O2PS/c1-3-4-5-7-8(9)6-2/h9H,3-5H2,1-2H3. The Bertz CT molecular complexity index is 62.9. The molecule has 0 aromatic carbocycles. The highest BCUT2D eigenvalue weighted by Crippen LogP contribution is 2.41. The third kappa shape index (κ3) is 6.59. The molecule has 0 amide bonds. The summed E-state index contributed by atoms with van der Waals surface area (Å²) < 4.78 is 9.94. The second kappa shape index (κ2) is 6.81. The van der Waals surface area contributed by atoms with Gasteiger partial charge in [0.15, 0.2) is 0 Å². The van der Waals surface area contributed by atoms with E-state index in [9.17, 15) is 0 Å². The van der Waals surface area contributed by atoms with Gasteiger partial charge in [-0.05, 0) is 6.42 Å². The van der Waals surface area contributed by atoms with Crippen LogP contribution in [0.3, 0.4) is 0 Å². The highest BCUT2D eigenvalue weighted by Gasteiger charge is 1.98. The van der Waals surface area contributed by atoms with Crippen molar-refractivity contribution >= 4 is 19.8 Å². The lowest BCUT2D eigenvalue weighted by Gasteiger charge is -2.06. The molecule has 2 nitrogen and oxygen atoms in total. The van der Waals surface area contributed by atoms with Crippen LogP contribution in [0.25, 0.3) is 0 Å². The number of thiol groups is 1. The Hall–Kier alpha value is 0.700. The van der Waals surface area contributed by atoms with Crippen molar-refractivity contribution in [3.8, 4) is 0 Å². The molecule has 0 aromatic rings. The van der Waals surface area contributed by atoms with Gasteiger partial charge >= 0.3 is 0 Å². The number of unbranched alkanes of at least 4 members (excludes halogenated alkanes) is 1. The summed E-state index contributed by atoms with van der Waals surface area (Å²) in [6.45, 7) is 2.89. The van der Waals surface area contributed by atoms with Crippen LogP contribution in [0.2, 0.25) is 0 Å². The molecule has 0 aliphatic heterocycles. The molecule has 0 rings (SSSR count). The Morgan fingerprint density at radius 3 is 2.67 bits per heavy atom. The van der Waals surface area contributed by atoms with Crippen molar-refractivity contribution < 1.29 is 9.05 Å². The van der Waals surface area contributed by atoms with Gasteiger partial charge in [-0.25, -0.2) is 0 Å². The van der Waals surface area contributed by atoms with E-state index < -0.39 is 7.58 Å². The fraction of sp³-hybridized carbons (Fsp3) is 1.00. The van der Waals surface area contributed by atoms with Crippen LogP contribution >= 0.6 is 19.8 Å². The molecule has 1 atom stereocenters. The molecule has 1 unspecified atom stereocenters. The zero-order valence-corrected chi connectivity index (χ0v) is 7.62. The topological polar surface area (TPSA) is 18.5 Å². The molecule has 9 heavy (non-hydrogen) atoms. The number of hydrogen-bond acceptors (Lipinski definition) is 3. The molecule has 0 bridgehead atoms. The van der Waals surface area contributed by atoms with Gasteiger partial charge in [0.2, 0.25) is 7.58 Å². The average molecular weight is 168 g/mol. The van der Waals surface area contributed by atoms with E-state index in [1.54, 1.807) is 7.11 Å². The van der Waals surface area contributed by atoms with Crippen LogP contribution in [0.4, 0.5) is 0 Å². The molecular weight excluding hydrogens is 155 g/mol. The first kappa shape index (κ1) is 9.70. The largest absolute Gasteiger partial charge is 0.330 e. The Balaban J connectivity index is 2.88. The van der Waals surface area contributed by atoms with Crippen molar-refractivity contribution in [3.63, 3.8) is 0 Å². The van der Waals surface area contributed by atoms with Gasteiger partial charge in [0, 0.05) is 7.11 Å². The van der Waals surface area contributed by atoms with Crippen molar-refractivity contribution in [2.24, 2.45) is 0 Å². The van der Waals surface area contributed by atoms with Crippen LogP contribution in [-0.2, 0) is 9.05 Å². The second-order valence-corrected chi connectivity index (χ2v) is 3.69. The summed E-state index contributed by atoms with van der Waals surface area (Å²) in [5.74, 6) is 0. The molecule has 0 aromatic heterocycles. The van der Waals surface area contributed by atoms with Gasteiger partial charge < -0.3 is 9.05 Å². The maximum atomic E-state index is 5.14. The minimum Gasteiger partial charge on any atom is -0.330 e. The lowest BCUT2D eigenvalue weighted by Crippen LogP contribution is -1.85. The summed E-state index contributed by atoms with van der Waals surface area (Å²) in [5, 5.41) is 0. The van der Waals surface area contributed by atoms with Crippen LogP contribution in [-0.4, -0.2) is 13.7 Å². The van der Waals surface area contributed by atoms with Gasteiger partial charge in [0.1, 0.15) is 0 Å². The number of hydrogen-bond donors (Lipinski definition) is 1. The lowest BCUT2D eigenvalue weighted by atomic mass is 10.4. The van der Waals surface area contributed by atoms with Gasteiger partial charge in [-0.15, -0.1) is 0 Å². The summed E-state index contributed by atoms with van der Waals surface area (Å²) in [4.78, 5) is 0. The van der Waals surface area contributed by atoms with Crippen molar-refractivity contribution in [1.29, 1.82) is 0 Å². The van der Waals surface area contributed by atoms with E-state index in [-0.39, 0.29) is 0 Å². The molecular formula is C5H13O2PS. The predicted octanol–water partition coefficient (Wildman–Crippen LogP) is 2.61. The molecule has 0 aliphatic carbocycles. The molecule has 0 heterocycles. The summed E-state index contributed by atoms with van der Waals surface area (Å²) in [6, 6.07) is 0. The second-order valence-electron chi connectivity index (χ2n) is 1.61. The molecule has 0 saturated heterocycles. The molecule has 0 saturated carbocycles. The highest BCUT2D eigenvalue weighted by molar-refractivity contribution is 8.41. The van der Waals surface area contributed by atoms with Crippen molar-refractivity contribution in [1.82, 2.24) is 0 Å². The average Bonchev–Trinajstić information content (AvgIpc) is 1.89. The fourth-order valence-electron chi connectivity index (χ4n) is 0.340. The maximum Gasteiger partial charge on any atom is 0.234 e. The molecule has 0 N–H and O–H groups in total. The minimum atomic E-state index is -0.896. The molecule has 56 valence electrons. The molecule has 0 spiro atoms. The van der Waals surface area contributed by atoms with Gasteiger partial charge in [0.25, 0.3) is 0 Å². The van der Waals surface area contributed by atoms with E-state index in [4.69, 9.17) is 9.05 Å². The first-order valence-electron chi connectivity index (χ1n) is 2.97. The Morgan fingerprint density at radius 2 is 2.22 bits per heavy atom. The molecule has 0 fully saturated rings. The normalized spacial score (nSPS) is 13.7. The highest BCUT2D eigenvalue weighted by atomic mass is 32.7. The van der Waals surface area contributed by atoms with Crippen molar-refractivity contribution in [3.05, 3.63) is 0 Å². The third-order valence-corrected chi connectivity index (χ3v) is 2.41. The maximum absolute atomic E-state index is 5.14. The molecule has 0 radical (unpaired) electrons. The first-order chi connectivity index (χ1) is 4.31. The van der Waals surface area contributed by atoms with E-state index in [2.05, 4.69) is 19.2 Å². The first-order valence-corrected chi connectivity index (χ1v) is 5.30. The lowest BCUT2D eigenvalue weighted by molar-refractivity contribution is 0.291. The summed E-state index contributed by atoms with van der Waals surface area (Å²) in [6.07, 6.45) is 2.24. The Morgan fingerprint density at radius 1 is 1.56 bits per heavy atom. The van der Waals surface area contributed by atoms with E-state index >= 15 is 0 Å². The van der Waals surface area contributed by atoms with Crippen molar-refractivity contribution in [2.75, 3.05) is 13.7 Å². The number of rotatable bonds is 5. The van der Waals surface area contributed by atoms with Gasteiger partial charge in [-0.1, -0.05) is 25.6 Å². The summed E-state index contributed by atoms with van der Waals surface area (Å²) in [7, 11) is 0.706. The quantitative estimate of drug-likeness (QED) is 0.386. The van der Waals surface area contributed by atoms with E-state index in [0.29, 0.717) is 0 Å². The summed E-state index contributed by atoms with van der Waals surface area (Å²) in [5.41, 5.74) is 0. The summed E-state index contributed by atoms with van der Waals surface area (Å²) >= 11 is 4.02. The SMILES string of the molecule is CCCCOP(S)OC. The molecule has 0 aliphatic rings. The fourth-order valence-corrected chi connectivity index (χ4v) is 0.975. The monoisotopic (exact) mass is 168 g/mol. The van der Waals surface area contributed by atoms with Crippen LogP contribution in [0.1, 0.15) is 19.8 Å². The van der Waals surface area contributed by atoms with Crippen LogP contribution in [0, 0.1) is 0 Å². The van der Waals surface area contributed by atoms with Crippen LogP contribution in [0.15, 0.2) is 0 Å². The minimum absolute atomic E-state index is 0.763. The Labute approximate surface area is 63.0 Å². The van der Waals surface area contributed by atoms with Gasteiger partial charge in [-0.2, -0.15) is 0 Å². The van der Waals surface area contributed by atoms with E-state index in [1.165, 1.54) is 0 Å². The van der Waals surface area contributed by atoms with Gasteiger partial charge in [-0.3, -0.25) is 0 Å². The molecule has 4 heteroatoms. The van der Waals surface area contributed by atoms with Crippen LogP contribution in [0.5, 0.6) is 0 Å².